The number of rotatable bonds is 5. The van der Waals surface area contributed by atoms with Crippen molar-refractivity contribution in [2.75, 3.05) is 32.1 Å². The van der Waals surface area contributed by atoms with E-state index in [-0.39, 0.29) is 17.2 Å². The van der Waals surface area contributed by atoms with Crippen LogP contribution in [-0.4, -0.2) is 74.1 Å². The van der Waals surface area contributed by atoms with E-state index in [1.54, 1.807) is 17.0 Å². The number of amides is 1. The number of benzene rings is 1. The Bertz CT molecular complexity index is 727. The van der Waals surface area contributed by atoms with Gasteiger partial charge in [-0.3, -0.25) is 4.79 Å². The van der Waals surface area contributed by atoms with Crippen LogP contribution < -0.4 is 0 Å². The molecule has 2 heterocycles. The maximum absolute atomic E-state index is 12.2. The van der Waals surface area contributed by atoms with Crippen molar-refractivity contribution < 1.29 is 19.4 Å². The molecule has 2 aromatic rings. The number of hydrogen-bond donors (Lipinski definition) is 1. The van der Waals surface area contributed by atoms with Crippen molar-refractivity contribution in [1.29, 1.82) is 0 Å². The molecule has 1 aliphatic heterocycles. The first-order valence-corrected chi connectivity index (χ1v) is 8.24. The lowest BCUT2D eigenvalue weighted by Crippen LogP contribution is -2.41. The van der Waals surface area contributed by atoms with Gasteiger partial charge in [-0.25, -0.2) is 4.79 Å². The molecule has 24 heavy (non-hydrogen) atoms. The van der Waals surface area contributed by atoms with Crippen LogP contribution in [0.25, 0.3) is 5.69 Å². The number of aromatic carboxylic acids is 1. The monoisotopic (exact) mass is 349 g/mol. The average molecular weight is 349 g/mol. The summed E-state index contributed by atoms with van der Waals surface area (Å²) in [6.45, 7) is 2.32. The first kappa shape index (κ1) is 16.4. The summed E-state index contributed by atoms with van der Waals surface area (Å²) in [5, 5.41) is 20.8. The molecule has 3 rings (SSSR count). The number of thioether (sulfide) groups is 1. The minimum Gasteiger partial charge on any atom is -0.478 e. The molecule has 1 fully saturated rings. The summed E-state index contributed by atoms with van der Waals surface area (Å²) in [7, 11) is 0. The second-order valence-electron chi connectivity index (χ2n) is 5.01. The lowest BCUT2D eigenvalue weighted by molar-refractivity contribution is -0.132. The Morgan fingerprint density at radius 3 is 2.58 bits per heavy atom. The van der Waals surface area contributed by atoms with Gasteiger partial charge in [-0.2, -0.15) is 4.68 Å². The molecule has 1 aromatic carbocycles. The lowest BCUT2D eigenvalue weighted by Gasteiger charge is -2.26. The molecular formula is C14H15N5O4S. The van der Waals surface area contributed by atoms with Gasteiger partial charge in [0.2, 0.25) is 11.1 Å². The largest absolute Gasteiger partial charge is 0.478 e. The number of tetrazole rings is 1. The summed E-state index contributed by atoms with van der Waals surface area (Å²) >= 11 is 1.24. The zero-order valence-corrected chi connectivity index (χ0v) is 13.5. The van der Waals surface area contributed by atoms with E-state index in [4.69, 9.17) is 9.84 Å². The topological polar surface area (TPSA) is 110 Å². The standard InChI is InChI=1S/C14H15N5O4S/c20-12(18-5-7-23-8-6-18)9-24-14-15-16-17-19(14)11-3-1-10(2-4-11)13(21)22/h1-4H,5-9H2,(H,21,22). The third-order valence-corrected chi connectivity index (χ3v) is 4.39. The molecule has 10 heteroatoms. The molecule has 1 aromatic heterocycles. The SMILES string of the molecule is O=C(O)c1ccc(-n2nnnc2SCC(=O)N2CCOCC2)cc1. The second-order valence-corrected chi connectivity index (χ2v) is 5.95. The Morgan fingerprint density at radius 1 is 1.21 bits per heavy atom. The quantitative estimate of drug-likeness (QED) is 0.768. The fourth-order valence-corrected chi connectivity index (χ4v) is 3.00. The molecule has 1 amide bonds. The number of carbonyl (C=O) groups excluding carboxylic acids is 1. The van der Waals surface area contributed by atoms with Crippen LogP contribution in [0.1, 0.15) is 10.4 Å². The Hall–Kier alpha value is -2.46. The molecule has 0 radical (unpaired) electrons. The van der Waals surface area contributed by atoms with E-state index in [1.807, 2.05) is 0 Å². The Labute approximate surface area is 141 Å². The molecule has 0 saturated carbocycles. The zero-order valence-electron chi connectivity index (χ0n) is 12.7. The number of morpholine rings is 1. The van der Waals surface area contributed by atoms with Gasteiger partial charge in [0.1, 0.15) is 0 Å². The molecule has 0 spiro atoms. The molecule has 0 unspecified atom stereocenters. The van der Waals surface area contributed by atoms with Gasteiger partial charge in [-0.1, -0.05) is 11.8 Å². The van der Waals surface area contributed by atoms with E-state index in [0.717, 1.165) is 0 Å². The van der Waals surface area contributed by atoms with Crippen molar-refractivity contribution in [2.24, 2.45) is 0 Å². The zero-order chi connectivity index (χ0) is 16.9. The third-order valence-electron chi connectivity index (χ3n) is 3.49. The highest BCUT2D eigenvalue weighted by molar-refractivity contribution is 7.99. The lowest BCUT2D eigenvalue weighted by atomic mass is 10.2. The van der Waals surface area contributed by atoms with Crippen LogP contribution in [-0.2, 0) is 9.53 Å². The van der Waals surface area contributed by atoms with E-state index in [9.17, 15) is 9.59 Å². The molecular weight excluding hydrogens is 334 g/mol. The molecule has 9 nitrogen and oxygen atoms in total. The number of nitrogens with zero attached hydrogens (tertiary/aromatic N) is 5. The van der Waals surface area contributed by atoms with Gasteiger partial charge in [0.25, 0.3) is 0 Å². The highest BCUT2D eigenvalue weighted by atomic mass is 32.2. The first-order valence-electron chi connectivity index (χ1n) is 7.25. The van der Waals surface area contributed by atoms with Gasteiger partial charge in [0, 0.05) is 13.1 Å². The average Bonchev–Trinajstić information content (AvgIpc) is 3.09. The van der Waals surface area contributed by atoms with Crippen molar-refractivity contribution >= 4 is 23.6 Å². The van der Waals surface area contributed by atoms with Crippen LogP contribution in [0.4, 0.5) is 0 Å². The molecule has 0 aliphatic carbocycles. The summed E-state index contributed by atoms with van der Waals surface area (Å²) in [6, 6.07) is 6.20. The van der Waals surface area contributed by atoms with Gasteiger partial charge in [-0.05, 0) is 34.7 Å². The van der Waals surface area contributed by atoms with Gasteiger partial charge in [-0.15, -0.1) is 5.10 Å². The van der Waals surface area contributed by atoms with Crippen LogP contribution in [0.15, 0.2) is 29.4 Å². The normalized spacial score (nSPS) is 14.6. The van der Waals surface area contributed by atoms with Crippen molar-refractivity contribution in [3.05, 3.63) is 29.8 Å². The van der Waals surface area contributed by atoms with Crippen molar-refractivity contribution in [2.45, 2.75) is 5.16 Å². The van der Waals surface area contributed by atoms with E-state index >= 15 is 0 Å². The van der Waals surface area contributed by atoms with Crippen LogP contribution in [0, 0.1) is 0 Å². The van der Waals surface area contributed by atoms with Crippen LogP contribution in [0.3, 0.4) is 0 Å². The van der Waals surface area contributed by atoms with E-state index < -0.39 is 5.97 Å². The Kier molecular flexibility index (Phi) is 5.06. The smallest absolute Gasteiger partial charge is 0.335 e. The maximum atomic E-state index is 12.2. The van der Waals surface area contributed by atoms with Crippen molar-refractivity contribution in [3.8, 4) is 5.69 Å². The molecule has 1 saturated heterocycles. The number of carbonyl (C=O) groups is 2. The fraction of sp³-hybridized carbons (Fsp3) is 0.357. The van der Waals surface area contributed by atoms with E-state index in [2.05, 4.69) is 15.5 Å². The summed E-state index contributed by atoms with van der Waals surface area (Å²) in [5.74, 6) is -0.754. The molecule has 126 valence electrons. The molecule has 1 aliphatic rings. The number of ether oxygens (including phenoxy) is 1. The van der Waals surface area contributed by atoms with Gasteiger partial charge in [0.15, 0.2) is 0 Å². The highest BCUT2D eigenvalue weighted by Gasteiger charge is 2.18. The molecule has 1 N–H and O–H groups in total. The van der Waals surface area contributed by atoms with Crippen LogP contribution >= 0.6 is 11.8 Å². The number of hydrogen-bond acceptors (Lipinski definition) is 7. The van der Waals surface area contributed by atoms with Gasteiger partial charge in [0.05, 0.1) is 30.2 Å². The number of carboxylic acids is 1. The number of carboxylic acid groups (broad SMARTS) is 1. The van der Waals surface area contributed by atoms with Gasteiger partial charge < -0.3 is 14.7 Å². The maximum Gasteiger partial charge on any atom is 0.335 e. The predicted octanol–water partition coefficient (Wildman–Crippen LogP) is 0.311. The fourth-order valence-electron chi connectivity index (χ4n) is 2.21. The third kappa shape index (κ3) is 3.71. The Balaban J connectivity index is 1.66. The first-order chi connectivity index (χ1) is 11.6. The number of aromatic nitrogens is 4. The summed E-state index contributed by atoms with van der Waals surface area (Å²) in [4.78, 5) is 24.8. The van der Waals surface area contributed by atoms with Crippen molar-refractivity contribution in [1.82, 2.24) is 25.1 Å². The summed E-state index contributed by atoms with van der Waals surface area (Å²) in [5.41, 5.74) is 0.815. The molecule has 0 atom stereocenters. The highest BCUT2D eigenvalue weighted by Crippen LogP contribution is 2.19. The minimum atomic E-state index is -0.996. The predicted molar refractivity (Wildman–Crippen MR) is 84.2 cm³/mol. The van der Waals surface area contributed by atoms with Crippen molar-refractivity contribution in [3.63, 3.8) is 0 Å². The summed E-state index contributed by atoms with van der Waals surface area (Å²) < 4.78 is 6.70. The van der Waals surface area contributed by atoms with Crippen LogP contribution in [0.5, 0.6) is 0 Å². The Morgan fingerprint density at radius 2 is 1.92 bits per heavy atom. The minimum absolute atomic E-state index is 0.0130. The van der Waals surface area contributed by atoms with Crippen LogP contribution in [0.2, 0.25) is 0 Å². The summed E-state index contributed by atoms with van der Waals surface area (Å²) in [6.07, 6.45) is 0. The van der Waals surface area contributed by atoms with E-state index in [1.165, 1.54) is 28.6 Å². The second kappa shape index (κ2) is 7.41. The van der Waals surface area contributed by atoms with Gasteiger partial charge >= 0.3 is 5.97 Å². The molecule has 0 bridgehead atoms. The van der Waals surface area contributed by atoms with E-state index in [0.29, 0.717) is 37.1 Å².